The molecule has 1 aromatic rings. The number of hydrogen-bond acceptors (Lipinski definition) is 4. The van der Waals surface area contributed by atoms with Crippen LogP contribution in [0.2, 0.25) is 0 Å². The van der Waals surface area contributed by atoms with Gasteiger partial charge in [0.05, 0.1) is 12.1 Å². The largest absolute Gasteiger partial charge is 0.394 e. The van der Waals surface area contributed by atoms with Crippen LogP contribution in [-0.2, 0) is 5.54 Å². The Morgan fingerprint density at radius 1 is 1.69 bits per heavy atom. The molecule has 4 nitrogen and oxygen atoms in total. The van der Waals surface area contributed by atoms with Gasteiger partial charge in [0.2, 0.25) is 0 Å². The Morgan fingerprint density at radius 2 is 2.38 bits per heavy atom. The Balaban J connectivity index is 3.08. The number of hydrogen-bond donors (Lipinski definition) is 2. The maximum absolute atomic E-state index is 10.4. The fourth-order valence-electron chi connectivity index (χ4n) is 0.926. The van der Waals surface area contributed by atoms with E-state index in [0.717, 1.165) is 0 Å². The van der Waals surface area contributed by atoms with E-state index in [1.165, 1.54) is 6.20 Å². The van der Waals surface area contributed by atoms with Gasteiger partial charge in [-0.25, -0.2) is 0 Å². The van der Waals surface area contributed by atoms with Crippen molar-refractivity contribution in [3.63, 3.8) is 0 Å². The summed E-state index contributed by atoms with van der Waals surface area (Å²) in [6.45, 7) is 1.50. The Hall–Kier alpha value is -1.26. The summed E-state index contributed by atoms with van der Waals surface area (Å²) in [5, 5.41) is 8.97. The second-order valence-corrected chi connectivity index (χ2v) is 3.20. The van der Waals surface area contributed by atoms with Crippen LogP contribution in [0.3, 0.4) is 0 Å². The third-order valence-corrected chi connectivity index (χ3v) is 1.88. The van der Waals surface area contributed by atoms with Crippen molar-refractivity contribution in [1.82, 2.24) is 4.98 Å². The van der Waals surface area contributed by atoms with Crippen LogP contribution >= 0.6 is 0 Å². The lowest BCUT2D eigenvalue weighted by Gasteiger charge is -2.21. The van der Waals surface area contributed by atoms with Crippen LogP contribution in [0.15, 0.2) is 18.5 Å². The molecule has 1 unspecified atom stereocenters. The molecule has 1 atom stereocenters. The fourth-order valence-corrected chi connectivity index (χ4v) is 0.926. The molecule has 0 radical (unpaired) electrons. The Morgan fingerprint density at radius 3 is 2.92 bits per heavy atom. The molecule has 70 valence electrons. The van der Waals surface area contributed by atoms with Gasteiger partial charge in [0.15, 0.2) is 6.29 Å². The van der Waals surface area contributed by atoms with E-state index in [0.29, 0.717) is 17.4 Å². The monoisotopic (exact) mass is 180 g/mol. The molecule has 1 rings (SSSR count). The molecule has 4 heteroatoms. The molecule has 13 heavy (non-hydrogen) atoms. The van der Waals surface area contributed by atoms with Gasteiger partial charge in [-0.1, -0.05) is 0 Å². The predicted molar refractivity (Wildman–Crippen MR) is 48.2 cm³/mol. The average molecular weight is 180 g/mol. The van der Waals surface area contributed by atoms with Crippen LogP contribution in [0.25, 0.3) is 0 Å². The Labute approximate surface area is 76.4 Å². The number of nitrogens with zero attached hydrogens (tertiary/aromatic N) is 1. The standard InChI is InChI=1S/C9H12N2O2/c1-9(10,6-13)8-2-7(5-12)3-11-4-8/h2-5,13H,6,10H2,1H3. The fraction of sp³-hybridized carbons (Fsp3) is 0.333. The van der Waals surface area contributed by atoms with Gasteiger partial charge < -0.3 is 10.8 Å². The Kier molecular flexibility index (Phi) is 2.75. The van der Waals surface area contributed by atoms with Crippen LogP contribution in [0.4, 0.5) is 0 Å². The van der Waals surface area contributed by atoms with E-state index in [9.17, 15) is 4.79 Å². The van der Waals surface area contributed by atoms with Gasteiger partial charge in [-0.05, 0) is 18.6 Å². The number of pyridine rings is 1. The number of aldehydes is 1. The summed E-state index contributed by atoms with van der Waals surface area (Å²) in [7, 11) is 0. The van der Waals surface area contributed by atoms with E-state index >= 15 is 0 Å². The number of carbonyl (C=O) groups is 1. The summed E-state index contributed by atoms with van der Waals surface area (Å²) < 4.78 is 0. The molecular weight excluding hydrogens is 168 g/mol. The number of nitrogens with two attached hydrogens (primary N) is 1. The molecule has 0 bridgehead atoms. The number of rotatable bonds is 3. The lowest BCUT2D eigenvalue weighted by atomic mass is 9.95. The zero-order valence-electron chi connectivity index (χ0n) is 7.40. The Bertz CT molecular complexity index is 310. The van der Waals surface area contributed by atoms with E-state index in [1.807, 2.05) is 0 Å². The quantitative estimate of drug-likeness (QED) is 0.645. The maximum Gasteiger partial charge on any atom is 0.151 e. The van der Waals surface area contributed by atoms with Crippen molar-refractivity contribution in [2.75, 3.05) is 6.61 Å². The smallest absolute Gasteiger partial charge is 0.151 e. The molecule has 0 amide bonds. The predicted octanol–water partition coefficient (Wildman–Crippen LogP) is 0.0603. The van der Waals surface area contributed by atoms with Crippen molar-refractivity contribution in [3.05, 3.63) is 29.6 Å². The summed E-state index contributed by atoms with van der Waals surface area (Å²) in [4.78, 5) is 14.3. The summed E-state index contributed by atoms with van der Waals surface area (Å²) in [5.41, 5.74) is 6.03. The van der Waals surface area contributed by atoms with Crippen molar-refractivity contribution < 1.29 is 9.90 Å². The third-order valence-electron chi connectivity index (χ3n) is 1.88. The van der Waals surface area contributed by atoms with Gasteiger partial charge in [-0.2, -0.15) is 0 Å². The highest BCUT2D eigenvalue weighted by molar-refractivity contribution is 5.74. The zero-order chi connectivity index (χ0) is 9.90. The van der Waals surface area contributed by atoms with E-state index in [-0.39, 0.29) is 6.61 Å². The molecule has 0 saturated heterocycles. The van der Waals surface area contributed by atoms with Gasteiger partial charge in [-0.3, -0.25) is 9.78 Å². The van der Waals surface area contributed by atoms with Gasteiger partial charge in [0.1, 0.15) is 0 Å². The van der Waals surface area contributed by atoms with Crippen molar-refractivity contribution in [2.45, 2.75) is 12.5 Å². The highest BCUT2D eigenvalue weighted by Crippen LogP contribution is 2.16. The SMILES string of the molecule is CC(N)(CO)c1cncc(C=O)c1. The van der Waals surface area contributed by atoms with Crippen molar-refractivity contribution >= 4 is 6.29 Å². The van der Waals surface area contributed by atoms with Crippen LogP contribution in [0.5, 0.6) is 0 Å². The van der Waals surface area contributed by atoms with E-state index in [2.05, 4.69) is 4.98 Å². The minimum atomic E-state index is -0.841. The first-order valence-corrected chi connectivity index (χ1v) is 3.90. The highest BCUT2D eigenvalue weighted by atomic mass is 16.3. The molecular formula is C9H12N2O2. The molecule has 0 aliphatic carbocycles. The van der Waals surface area contributed by atoms with Gasteiger partial charge >= 0.3 is 0 Å². The number of aromatic nitrogens is 1. The summed E-state index contributed by atoms with van der Waals surface area (Å²) in [6, 6.07) is 1.62. The molecule has 1 heterocycles. The normalized spacial score (nSPS) is 15.0. The topological polar surface area (TPSA) is 76.2 Å². The van der Waals surface area contributed by atoms with Gasteiger partial charge in [0.25, 0.3) is 0 Å². The van der Waals surface area contributed by atoms with E-state index in [4.69, 9.17) is 10.8 Å². The van der Waals surface area contributed by atoms with E-state index in [1.54, 1.807) is 19.2 Å². The molecule has 0 fully saturated rings. The third kappa shape index (κ3) is 2.11. The van der Waals surface area contributed by atoms with E-state index < -0.39 is 5.54 Å². The second-order valence-electron chi connectivity index (χ2n) is 3.20. The van der Waals surface area contributed by atoms with Crippen molar-refractivity contribution in [3.8, 4) is 0 Å². The molecule has 3 N–H and O–H groups in total. The zero-order valence-corrected chi connectivity index (χ0v) is 7.40. The van der Waals surface area contributed by atoms with Crippen LogP contribution in [0.1, 0.15) is 22.8 Å². The lowest BCUT2D eigenvalue weighted by molar-refractivity contribution is 0.112. The highest BCUT2D eigenvalue weighted by Gasteiger charge is 2.20. The molecule has 1 aromatic heterocycles. The molecule has 0 aliphatic rings. The maximum atomic E-state index is 10.4. The molecule has 0 saturated carbocycles. The van der Waals surface area contributed by atoms with Crippen LogP contribution < -0.4 is 5.73 Å². The lowest BCUT2D eigenvalue weighted by Crippen LogP contribution is -2.37. The first-order chi connectivity index (χ1) is 6.10. The number of carbonyl (C=O) groups excluding carboxylic acids is 1. The minimum Gasteiger partial charge on any atom is -0.394 e. The molecule has 0 aliphatic heterocycles. The first-order valence-electron chi connectivity index (χ1n) is 3.90. The van der Waals surface area contributed by atoms with Crippen LogP contribution in [-0.4, -0.2) is 23.0 Å². The van der Waals surface area contributed by atoms with Crippen LogP contribution in [0, 0.1) is 0 Å². The summed E-state index contributed by atoms with van der Waals surface area (Å²) >= 11 is 0. The van der Waals surface area contributed by atoms with Crippen molar-refractivity contribution in [2.24, 2.45) is 5.73 Å². The second kappa shape index (κ2) is 3.64. The number of aliphatic hydroxyl groups excluding tert-OH is 1. The van der Waals surface area contributed by atoms with Crippen molar-refractivity contribution in [1.29, 1.82) is 0 Å². The average Bonchev–Trinajstić information content (AvgIpc) is 2.18. The van der Waals surface area contributed by atoms with Gasteiger partial charge in [-0.15, -0.1) is 0 Å². The first kappa shape index (κ1) is 9.83. The summed E-state index contributed by atoms with van der Waals surface area (Å²) in [6.07, 6.45) is 3.69. The summed E-state index contributed by atoms with van der Waals surface area (Å²) in [5.74, 6) is 0. The minimum absolute atomic E-state index is 0.184. The molecule has 0 aromatic carbocycles. The number of aliphatic hydroxyl groups is 1. The molecule has 0 spiro atoms. The van der Waals surface area contributed by atoms with Gasteiger partial charge in [0, 0.05) is 18.0 Å².